The van der Waals surface area contributed by atoms with Crippen LogP contribution >= 0.6 is 0 Å². The molecule has 3 heterocycles. The van der Waals surface area contributed by atoms with Crippen molar-refractivity contribution in [3.05, 3.63) is 29.7 Å². The molecule has 3 aliphatic rings. The van der Waals surface area contributed by atoms with E-state index in [4.69, 9.17) is 15.5 Å². The normalized spacial score (nSPS) is 25.4. The van der Waals surface area contributed by atoms with Crippen molar-refractivity contribution in [2.45, 2.75) is 44.6 Å². The fraction of sp³-hybridized carbons (Fsp3) is 0.619. The van der Waals surface area contributed by atoms with Gasteiger partial charge in [0.2, 0.25) is 5.91 Å². The van der Waals surface area contributed by atoms with Crippen LogP contribution in [-0.2, 0) is 20.7 Å². The van der Waals surface area contributed by atoms with Crippen LogP contribution in [0.5, 0.6) is 0 Å². The van der Waals surface area contributed by atoms with E-state index in [1.54, 1.807) is 10.7 Å². The average Bonchev–Trinajstić information content (AvgIpc) is 3.65. The topological polar surface area (TPSA) is 112 Å². The maximum Gasteiger partial charge on any atom is 0.321 e. The van der Waals surface area contributed by atoms with E-state index in [0.29, 0.717) is 24.5 Å². The Labute approximate surface area is 169 Å². The molecule has 0 radical (unpaired) electrons. The van der Waals surface area contributed by atoms with Crippen molar-refractivity contribution < 1.29 is 14.3 Å². The Morgan fingerprint density at radius 2 is 2.10 bits per heavy atom. The number of nitrogens with zero attached hydrogens (tertiary/aromatic N) is 3. The standard InChI is InChI=1S/C21H27N5O3/c1-29-20(28)21(6-7-23-19(21)27)9-12-8-16-25-15(11-26(16)24-10-12)18(22)17(13-2-3-13)14-4-5-14/h8,10-11,13-14,17-18H,2-7,9,22H2,1H3,(H,23,27). The first-order chi connectivity index (χ1) is 14.0. The number of rotatable bonds is 7. The molecule has 2 aliphatic carbocycles. The summed E-state index contributed by atoms with van der Waals surface area (Å²) in [6.45, 7) is 0.468. The lowest BCUT2D eigenvalue weighted by molar-refractivity contribution is -0.156. The molecule has 1 saturated heterocycles. The van der Waals surface area contributed by atoms with Crippen molar-refractivity contribution in [3.8, 4) is 0 Å². The fourth-order valence-corrected chi connectivity index (χ4v) is 4.97. The summed E-state index contributed by atoms with van der Waals surface area (Å²) in [5, 5.41) is 7.21. The van der Waals surface area contributed by atoms with Gasteiger partial charge in [-0.15, -0.1) is 0 Å². The van der Waals surface area contributed by atoms with E-state index in [9.17, 15) is 9.59 Å². The summed E-state index contributed by atoms with van der Waals surface area (Å²) in [6.07, 6.45) is 9.39. The van der Waals surface area contributed by atoms with Gasteiger partial charge in [-0.05, 0) is 67.9 Å². The van der Waals surface area contributed by atoms with Gasteiger partial charge in [0, 0.05) is 6.54 Å². The zero-order chi connectivity index (χ0) is 20.2. The van der Waals surface area contributed by atoms with Crippen LogP contribution in [0.3, 0.4) is 0 Å². The number of esters is 1. The van der Waals surface area contributed by atoms with Crippen LogP contribution < -0.4 is 11.1 Å². The molecular weight excluding hydrogens is 370 g/mol. The molecule has 154 valence electrons. The third-order valence-corrected chi connectivity index (χ3v) is 6.84. The number of methoxy groups -OCH3 is 1. The zero-order valence-electron chi connectivity index (χ0n) is 16.6. The Morgan fingerprint density at radius 3 is 2.69 bits per heavy atom. The summed E-state index contributed by atoms with van der Waals surface area (Å²) in [6, 6.07) is 1.82. The average molecular weight is 397 g/mol. The van der Waals surface area contributed by atoms with Gasteiger partial charge in [0.05, 0.1) is 31.2 Å². The number of nitrogens with one attached hydrogen (secondary N) is 1. The summed E-state index contributed by atoms with van der Waals surface area (Å²) in [5.74, 6) is 1.21. The predicted octanol–water partition coefficient (Wildman–Crippen LogP) is 1.39. The number of amides is 1. The molecule has 1 amide bonds. The minimum atomic E-state index is -1.19. The Balaban J connectivity index is 1.42. The van der Waals surface area contributed by atoms with E-state index < -0.39 is 11.4 Å². The molecule has 2 atom stereocenters. The third-order valence-electron chi connectivity index (χ3n) is 6.84. The lowest BCUT2D eigenvalue weighted by Gasteiger charge is -2.22. The first-order valence-electron chi connectivity index (χ1n) is 10.5. The molecule has 2 unspecified atom stereocenters. The predicted molar refractivity (Wildman–Crippen MR) is 105 cm³/mol. The number of fused-ring (bicyclic) bond motifs is 1. The number of aromatic nitrogens is 3. The van der Waals surface area contributed by atoms with Crippen LogP contribution in [0.25, 0.3) is 5.65 Å². The van der Waals surface area contributed by atoms with Crippen molar-refractivity contribution in [2.75, 3.05) is 13.7 Å². The minimum absolute atomic E-state index is 0.0674. The van der Waals surface area contributed by atoms with E-state index in [1.165, 1.54) is 32.8 Å². The van der Waals surface area contributed by atoms with Gasteiger partial charge in [-0.25, -0.2) is 9.50 Å². The zero-order valence-corrected chi connectivity index (χ0v) is 16.6. The first kappa shape index (κ1) is 18.5. The molecule has 8 nitrogen and oxygen atoms in total. The van der Waals surface area contributed by atoms with Crippen molar-refractivity contribution >= 4 is 17.5 Å². The van der Waals surface area contributed by atoms with E-state index in [0.717, 1.165) is 23.1 Å². The number of imidazole rings is 1. The Morgan fingerprint density at radius 1 is 1.38 bits per heavy atom. The van der Waals surface area contributed by atoms with E-state index in [-0.39, 0.29) is 18.4 Å². The van der Waals surface area contributed by atoms with Crippen LogP contribution in [0.15, 0.2) is 18.5 Å². The molecule has 29 heavy (non-hydrogen) atoms. The number of ether oxygens (including phenoxy) is 1. The Kier molecular flexibility index (Phi) is 4.34. The molecule has 0 spiro atoms. The number of hydrogen-bond acceptors (Lipinski definition) is 6. The van der Waals surface area contributed by atoms with Crippen molar-refractivity contribution in [1.29, 1.82) is 0 Å². The Bertz CT molecular complexity index is 952. The molecule has 2 aromatic heterocycles. The summed E-state index contributed by atoms with van der Waals surface area (Å²) >= 11 is 0. The van der Waals surface area contributed by atoms with Gasteiger partial charge in [0.25, 0.3) is 0 Å². The summed E-state index contributed by atoms with van der Waals surface area (Å²) in [5.41, 5.74) is 7.79. The molecule has 3 fully saturated rings. The number of nitrogens with two attached hydrogens (primary N) is 1. The number of carbonyl (C=O) groups is 2. The minimum Gasteiger partial charge on any atom is -0.468 e. The Hall–Kier alpha value is -2.48. The third kappa shape index (κ3) is 3.19. The van der Waals surface area contributed by atoms with Crippen molar-refractivity contribution in [3.63, 3.8) is 0 Å². The largest absolute Gasteiger partial charge is 0.468 e. The lowest BCUT2D eigenvalue weighted by Crippen LogP contribution is -2.41. The van der Waals surface area contributed by atoms with Crippen LogP contribution in [0, 0.1) is 23.2 Å². The molecule has 2 aromatic rings. The quantitative estimate of drug-likeness (QED) is 0.539. The second-order valence-electron chi connectivity index (χ2n) is 8.87. The van der Waals surface area contributed by atoms with Gasteiger partial charge in [0.15, 0.2) is 11.1 Å². The summed E-state index contributed by atoms with van der Waals surface area (Å²) in [4.78, 5) is 29.5. The fourth-order valence-electron chi connectivity index (χ4n) is 4.97. The van der Waals surface area contributed by atoms with Gasteiger partial charge in [0.1, 0.15) is 0 Å². The molecule has 3 N–H and O–H groups in total. The van der Waals surface area contributed by atoms with Crippen LogP contribution in [0.2, 0.25) is 0 Å². The maximum absolute atomic E-state index is 12.4. The van der Waals surface area contributed by atoms with Gasteiger partial charge < -0.3 is 15.8 Å². The highest BCUT2D eigenvalue weighted by molar-refractivity contribution is 6.04. The smallest absolute Gasteiger partial charge is 0.321 e. The SMILES string of the molecule is COC(=O)C1(Cc2cnn3cc(C(N)C(C4CC4)C4CC4)nc3c2)CCNC1=O. The highest BCUT2D eigenvalue weighted by atomic mass is 16.5. The van der Waals surface area contributed by atoms with Crippen LogP contribution in [0.1, 0.15) is 49.4 Å². The number of hydrogen-bond donors (Lipinski definition) is 2. The van der Waals surface area contributed by atoms with Crippen LogP contribution in [-0.4, -0.2) is 40.1 Å². The van der Waals surface area contributed by atoms with Crippen molar-refractivity contribution in [1.82, 2.24) is 19.9 Å². The maximum atomic E-state index is 12.4. The van der Waals surface area contributed by atoms with E-state index in [2.05, 4.69) is 10.4 Å². The van der Waals surface area contributed by atoms with E-state index >= 15 is 0 Å². The molecule has 0 aromatic carbocycles. The van der Waals surface area contributed by atoms with E-state index in [1.807, 2.05) is 12.3 Å². The highest BCUT2D eigenvalue weighted by Crippen LogP contribution is 2.53. The first-order valence-corrected chi connectivity index (χ1v) is 10.5. The van der Waals surface area contributed by atoms with Gasteiger partial charge in [-0.1, -0.05) is 0 Å². The molecule has 8 heteroatoms. The highest BCUT2D eigenvalue weighted by Gasteiger charge is 2.50. The molecule has 0 bridgehead atoms. The van der Waals surface area contributed by atoms with Crippen molar-refractivity contribution in [2.24, 2.45) is 28.9 Å². The molecule has 5 rings (SSSR count). The van der Waals surface area contributed by atoms with Gasteiger partial charge >= 0.3 is 5.97 Å². The summed E-state index contributed by atoms with van der Waals surface area (Å²) in [7, 11) is 1.32. The van der Waals surface area contributed by atoms with Gasteiger partial charge in [-0.2, -0.15) is 5.10 Å². The monoisotopic (exact) mass is 397 g/mol. The number of carbonyl (C=O) groups excluding carboxylic acids is 2. The van der Waals surface area contributed by atoms with Gasteiger partial charge in [-0.3, -0.25) is 9.59 Å². The second kappa shape index (κ2) is 6.79. The summed E-state index contributed by atoms with van der Waals surface area (Å²) < 4.78 is 6.66. The van der Waals surface area contributed by atoms with Crippen LogP contribution in [0.4, 0.5) is 0 Å². The molecule has 1 aliphatic heterocycles. The lowest BCUT2D eigenvalue weighted by atomic mass is 9.80. The molecule has 2 saturated carbocycles. The second-order valence-corrected chi connectivity index (χ2v) is 8.87. The molecular formula is C21H27N5O3.